The van der Waals surface area contributed by atoms with Gasteiger partial charge in [-0.3, -0.25) is 0 Å². The number of rotatable bonds is 6. The summed E-state index contributed by atoms with van der Waals surface area (Å²) in [5.41, 5.74) is -0.847. The van der Waals surface area contributed by atoms with E-state index in [2.05, 4.69) is 22.9 Å². The lowest BCUT2D eigenvalue weighted by Crippen LogP contribution is -2.53. The van der Waals surface area contributed by atoms with Crippen LogP contribution in [0.4, 0.5) is 4.79 Å². The number of morpholine rings is 1. The largest absolute Gasteiger partial charge is 0.444 e. The molecule has 0 spiro atoms. The predicted octanol–water partition coefficient (Wildman–Crippen LogP) is 1.65. The van der Waals surface area contributed by atoms with Gasteiger partial charge >= 0.3 is 6.09 Å². The lowest BCUT2D eigenvalue weighted by molar-refractivity contribution is 0.0469. The van der Waals surface area contributed by atoms with Crippen molar-refractivity contribution in [3.8, 4) is 0 Å². The van der Waals surface area contributed by atoms with Gasteiger partial charge in [0, 0.05) is 25.2 Å². The Kier molecular flexibility index (Phi) is 7.09. The van der Waals surface area contributed by atoms with Crippen molar-refractivity contribution in [1.29, 1.82) is 0 Å². The first-order chi connectivity index (χ1) is 10.1. The number of hydrogen-bond acceptors (Lipinski definition) is 5. The van der Waals surface area contributed by atoms with E-state index in [1.54, 1.807) is 0 Å². The van der Waals surface area contributed by atoms with Crippen LogP contribution in [0.25, 0.3) is 0 Å². The number of amides is 1. The summed E-state index contributed by atoms with van der Waals surface area (Å²) in [5, 5.41) is 9.83. The Morgan fingerprint density at radius 3 is 2.59 bits per heavy atom. The maximum atomic E-state index is 11.8. The van der Waals surface area contributed by atoms with Crippen LogP contribution in [0.3, 0.4) is 0 Å². The van der Waals surface area contributed by atoms with Gasteiger partial charge in [-0.05, 0) is 48.0 Å². The molecule has 1 fully saturated rings. The summed E-state index contributed by atoms with van der Waals surface area (Å²) < 4.78 is 10.8. The molecule has 6 nitrogen and oxygen atoms in total. The van der Waals surface area contributed by atoms with Crippen LogP contribution in [0.1, 0.15) is 48.0 Å². The SMILES string of the molecule is CC(CC1COCCN1)NCC(C)(C)NC(=O)OC(C)(C)C. The summed E-state index contributed by atoms with van der Waals surface area (Å²) in [6, 6.07) is 0.747. The first-order valence-corrected chi connectivity index (χ1v) is 8.13. The summed E-state index contributed by atoms with van der Waals surface area (Å²) in [5.74, 6) is 0. The number of hydrogen-bond donors (Lipinski definition) is 3. The monoisotopic (exact) mass is 315 g/mol. The quantitative estimate of drug-likeness (QED) is 0.695. The summed E-state index contributed by atoms with van der Waals surface area (Å²) in [4.78, 5) is 11.8. The normalized spacial score (nSPS) is 21.3. The summed E-state index contributed by atoms with van der Waals surface area (Å²) in [7, 11) is 0. The standard InChI is InChI=1S/C16H33N3O3/c1-12(9-13-10-21-8-7-17-13)18-11-16(5,6)19-14(20)22-15(2,3)4/h12-13,17-18H,7-11H2,1-6H3,(H,19,20). The number of carbonyl (C=O) groups excluding carboxylic acids is 1. The Bertz CT molecular complexity index is 347. The number of carbonyl (C=O) groups is 1. The van der Waals surface area contributed by atoms with E-state index >= 15 is 0 Å². The lowest BCUT2D eigenvalue weighted by atomic mass is 10.0. The minimum absolute atomic E-state index is 0.346. The van der Waals surface area contributed by atoms with Crippen molar-refractivity contribution >= 4 is 6.09 Å². The minimum atomic E-state index is -0.479. The molecule has 1 aliphatic heterocycles. The molecular weight excluding hydrogens is 282 g/mol. The highest BCUT2D eigenvalue weighted by atomic mass is 16.6. The van der Waals surface area contributed by atoms with Crippen LogP contribution in [-0.2, 0) is 9.47 Å². The van der Waals surface area contributed by atoms with E-state index in [0.717, 1.165) is 26.2 Å². The molecule has 2 unspecified atom stereocenters. The Balaban J connectivity index is 2.29. The van der Waals surface area contributed by atoms with Crippen LogP contribution in [0, 0.1) is 0 Å². The third kappa shape index (κ3) is 8.56. The van der Waals surface area contributed by atoms with Crippen molar-refractivity contribution in [2.45, 2.75) is 71.2 Å². The average molecular weight is 315 g/mol. The number of nitrogens with one attached hydrogen (secondary N) is 3. The third-order valence-corrected chi connectivity index (χ3v) is 3.37. The van der Waals surface area contributed by atoms with Gasteiger partial charge in [0.05, 0.1) is 18.8 Å². The van der Waals surface area contributed by atoms with Crippen LogP contribution >= 0.6 is 0 Å². The molecule has 22 heavy (non-hydrogen) atoms. The van der Waals surface area contributed by atoms with Crippen molar-refractivity contribution in [2.24, 2.45) is 0 Å². The van der Waals surface area contributed by atoms with Crippen molar-refractivity contribution in [1.82, 2.24) is 16.0 Å². The Morgan fingerprint density at radius 1 is 1.36 bits per heavy atom. The predicted molar refractivity (Wildman–Crippen MR) is 88.1 cm³/mol. The molecular formula is C16H33N3O3. The van der Waals surface area contributed by atoms with Crippen molar-refractivity contribution in [3.05, 3.63) is 0 Å². The van der Waals surface area contributed by atoms with Crippen molar-refractivity contribution in [3.63, 3.8) is 0 Å². The molecule has 0 radical (unpaired) electrons. The van der Waals surface area contributed by atoms with Gasteiger partial charge in [-0.15, -0.1) is 0 Å². The molecule has 0 aromatic heterocycles. The summed E-state index contributed by atoms with van der Waals surface area (Å²) >= 11 is 0. The van der Waals surface area contributed by atoms with Gasteiger partial charge in [-0.25, -0.2) is 4.79 Å². The molecule has 0 aromatic rings. The van der Waals surface area contributed by atoms with Crippen LogP contribution < -0.4 is 16.0 Å². The highest BCUT2D eigenvalue weighted by Gasteiger charge is 2.25. The molecule has 3 N–H and O–H groups in total. The van der Waals surface area contributed by atoms with E-state index in [1.165, 1.54) is 0 Å². The fraction of sp³-hybridized carbons (Fsp3) is 0.938. The highest BCUT2D eigenvalue weighted by Crippen LogP contribution is 2.10. The second-order valence-electron chi connectivity index (χ2n) is 7.75. The van der Waals surface area contributed by atoms with Gasteiger partial charge in [-0.1, -0.05) is 0 Å². The highest BCUT2D eigenvalue weighted by molar-refractivity contribution is 5.68. The zero-order valence-corrected chi connectivity index (χ0v) is 14.9. The number of ether oxygens (including phenoxy) is 2. The van der Waals surface area contributed by atoms with E-state index in [9.17, 15) is 4.79 Å². The van der Waals surface area contributed by atoms with Gasteiger partial charge in [-0.2, -0.15) is 0 Å². The van der Waals surface area contributed by atoms with Gasteiger partial charge in [0.25, 0.3) is 0 Å². The van der Waals surface area contributed by atoms with E-state index in [4.69, 9.17) is 9.47 Å². The zero-order valence-electron chi connectivity index (χ0n) is 14.9. The lowest BCUT2D eigenvalue weighted by Gasteiger charge is -2.31. The Hall–Kier alpha value is -0.850. The summed E-state index contributed by atoms with van der Waals surface area (Å²) in [6.07, 6.45) is 0.622. The van der Waals surface area contributed by atoms with Crippen LogP contribution in [0.2, 0.25) is 0 Å². The molecule has 0 aromatic carbocycles. The minimum Gasteiger partial charge on any atom is -0.444 e. The third-order valence-electron chi connectivity index (χ3n) is 3.37. The second-order valence-corrected chi connectivity index (χ2v) is 7.75. The Labute approximate surface area is 134 Å². The molecule has 0 aliphatic carbocycles. The van der Waals surface area contributed by atoms with Gasteiger partial charge in [0.15, 0.2) is 0 Å². The number of alkyl carbamates (subject to hydrolysis) is 1. The molecule has 6 heteroatoms. The maximum Gasteiger partial charge on any atom is 0.408 e. The molecule has 1 amide bonds. The van der Waals surface area contributed by atoms with Gasteiger partial charge in [0.1, 0.15) is 5.60 Å². The van der Waals surface area contributed by atoms with Gasteiger partial charge in [0.2, 0.25) is 0 Å². The molecule has 1 rings (SSSR count). The van der Waals surface area contributed by atoms with E-state index in [1.807, 2.05) is 34.6 Å². The van der Waals surface area contributed by atoms with Crippen molar-refractivity contribution < 1.29 is 14.3 Å². The first-order valence-electron chi connectivity index (χ1n) is 8.13. The summed E-state index contributed by atoms with van der Waals surface area (Å²) in [6.45, 7) is 14.9. The maximum absolute atomic E-state index is 11.8. The van der Waals surface area contributed by atoms with Gasteiger partial charge < -0.3 is 25.4 Å². The fourth-order valence-electron chi connectivity index (χ4n) is 2.33. The van der Waals surface area contributed by atoms with Crippen LogP contribution in [0.15, 0.2) is 0 Å². The molecule has 1 saturated heterocycles. The second kappa shape index (κ2) is 8.13. The topological polar surface area (TPSA) is 71.6 Å². The Morgan fingerprint density at radius 2 is 2.05 bits per heavy atom. The molecule has 2 atom stereocenters. The molecule has 1 heterocycles. The van der Waals surface area contributed by atoms with E-state index in [0.29, 0.717) is 18.6 Å². The van der Waals surface area contributed by atoms with E-state index < -0.39 is 5.60 Å². The smallest absolute Gasteiger partial charge is 0.408 e. The average Bonchev–Trinajstić information content (AvgIpc) is 2.34. The van der Waals surface area contributed by atoms with Crippen molar-refractivity contribution in [2.75, 3.05) is 26.3 Å². The molecule has 0 saturated carbocycles. The molecule has 0 bridgehead atoms. The first kappa shape index (κ1) is 19.2. The molecule has 130 valence electrons. The molecule has 1 aliphatic rings. The van der Waals surface area contributed by atoms with Crippen LogP contribution in [0.5, 0.6) is 0 Å². The zero-order chi connectivity index (χ0) is 16.8. The van der Waals surface area contributed by atoms with E-state index in [-0.39, 0.29) is 11.6 Å². The fourth-order valence-corrected chi connectivity index (χ4v) is 2.33. The van der Waals surface area contributed by atoms with Crippen LogP contribution in [-0.4, -0.2) is 55.6 Å².